The van der Waals surface area contributed by atoms with E-state index in [2.05, 4.69) is 27.7 Å². The molecule has 0 aromatic heterocycles. The Bertz CT molecular complexity index is 1840. The van der Waals surface area contributed by atoms with Crippen molar-refractivity contribution < 1.29 is 80.2 Å². The Morgan fingerprint density at radius 2 is 0.412 bits per heavy atom. The third-order valence-corrected chi connectivity index (χ3v) is 20.3. The van der Waals surface area contributed by atoms with Crippen molar-refractivity contribution in [3.8, 4) is 0 Å². The van der Waals surface area contributed by atoms with E-state index in [1.807, 2.05) is 0 Å². The number of unbranched alkanes of at least 4 members (excludes halogenated alkanes) is 53. The van der Waals surface area contributed by atoms with Gasteiger partial charge in [0.2, 0.25) is 0 Å². The SMILES string of the molecule is CCCCCCCCCCCCCCCCCCCCCCCC(=O)O[C@H](COC(=O)CCCCCCCCCCCCCCCCCCC)COP(=O)(O)OC[C@@H](O)COP(=O)(O)OC[C@@H](COC(=O)CCCCCCCCCCC)OC(=O)CCCCCCCCCCCC. The van der Waals surface area contributed by atoms with Crippen LogP contribution in [0.15, 0.2) is 0 Å². The number of aliphatic hydroxyl groups excluding tert-OH is 1. The first-order chi connectivity index (χ1) is 47.2. The molecule has 5 atom stereocenters. The Hall–Kier alpha value is -1.94. The first-order valence-corrected chi connectivity index (χ1v) is 43.8. The van der Waals surface area contributed by atoms with E-state index in [4.69, 9.17) is 37.0 Å². The maximum absolute atomic E-state index is 13.1. The lowest BCUT2D eigenvalue weighted by Crippen LogP contribution is -2.30. The van der Waals surface area contributed by atoms with Crippen LogP contribution in [0.2, 0.25) is 0 Å². The monoisotopic (exact) mass is 1420 g/mol. The Kier molecular flexibility index (Phi) is 71.0. The highest BCUT2D eigenvalue weighted by Crippen LogP contribution is 2.45. The molecule has 0 saturated heterocycles. The molecule has 0 heterocycles. The van der Waals surface area contributed by atoms with Crippen LogP contribution in [0.3, 0.4) is 0 Å². The van der Waals surface area contributed by atoms with Crippen molar-refractivity contribution in [3.05, 3.63) is 0 Å². The van der Waals surface area contributed by atoms with E-state index < -0.39 is 97.5 Å². The first-order valence-electron chi connectivity index (χ1n) is 40.8. The Morgan fingerprint density at radius 1 is 0.247 bits per heavy atom. The molecule has 17 nitrogen and oxygen atoms in total. The van der Waals surface area contributed by atoms with Crippen molar-refractivity contribution >= 4 is 39.5 Å². The minimum absolute atomic E-state index is 0.107. The molecule has 3 N–H and O–H groups in total. The van der Waals surface area contributed by atoms with Gasteiger partial charge in [-0.2, -0.15) is 0 Å². The maximum atomic E-state index is 13.1. The van der Waals surface area contributed by atoms with Crippen LogP contribution in [0.4, 0.5) is 0 Å². The van der Waals surface area contributed by atoms with Gasteiger partial charge in [-0.3, -0.25) is 37.3 Å². The second-order valence-electron chi connectivity index (χ2n) is 28.1. The summed E-state index contributed by atoms with van der Waals surface area (Å²) < 4.78 is 68.5. The fourth-order valence-electron chi connectivity index (χ4n) is 12.1. The standard InChI is InChI=1S/C78H152O17P2/c1-5-9-13-17-21-25-28-30-32-34-35-36-37-39-41-43-45-49-53-57-61-65-78(83)95-74(69-89-76(81)63-59-55-51-48-44-42-40-38-33-31-29-26-22-18-14-10-6-2)71-93-97(86,87)91-67-72(79)66-90-96(84,85)92-70-73(68-88-75(80)62-58-54-50-46-24-20-16-12-8-4)94-77(82)64-60-56-52-47-27-23-19-15-11-7-3/h72-74,79H,5-71H2,1-4H3,(H,84,85)(H,86,87)/t72-,73+,74+/m0/s1. The number of hydrogen-bond donors (Lipinski definition) is 3. The quantitative estimate of drug-likeness (QED) is 0.0222. The lowest BCUT2D eigenvalue weighted by atomic mass is 10.0. The van der Waals surface area contributed by atoms with Gasteiger partial charge in [-0.05, 0) is 25.7 Å². The Balaban J connectivity index is 5.17. The zero-order valence-electron chi connectivity index (χ0n) is 63.1. The summed E-state index contributed by atoms with van der Waals surface area (Å²) in [5.74, 6) is -2.11. The Morgan fingerprint density at radius 3 is 0.608 bits per heavy atom. The Labute approximate surface area is 594 Å². The van der Waals surface area contributed by atoms with Crippen molar-refractivity contribution in [3.63, 3.8) is 0 Å². The van der Waals surface area contributed by atoms with Gasteiger partial charge < -0.3 is 33.8 Å². The van der Waals surface area contributed by atoms with Gasteiger partial charge in [0.25, 0.3) is 0 Å². The number of phosphoric ester groups is 2. The predicted octanol–water partition coefficient (Wildman–Crippen LogP) is 23.4. The summed E-state index contributed by atoms with van der Waals surface area (Å²) in [5.41, 5.74) is 0. The minimum atomic E-state index is -4.96. The van der Waals surface area contributed by atoms with E-state index in [-0.39, 0.29) is 25.7 Å². The highest BCUT2D eigenvalue weighted by atomic mass is 31.2. The van der Waals surface area contributed by atoms with Gasteiger partial charge in [0.15, 0.2) is 12.2 Å². The van der Waals surface area contributed by atoms with Crippen molar-refractivity contribution in [2.75, 3.05) is 39.6 Å². The molecule has 0 rings (SSSR count). The average molecular weight is 1420 g/mol. The third-order valence-electron chi connectivity index (χ3n) is 18.4. The van der Waals surface area contributed by atoms with Crippen molar-refractivity contribution in [1.29, 1.82) is 0 Å². The number of esters is 4. The highest BCUT2D eigenvalue weighted by molar-refractivity contribution is 7.47. The molecule has 97 heavy (non-hydrogen) atoms. The van der Waals surface area contributed by atoms with Crippen LogP contribution in [-0.4, -0.2) is 96.7 Å². The second kappa shape index (κ2) is 72.4. The van der Waals surface area contributed by atoms with Crippen LogP contribution in [0.25, 0.3) is 0 Å². The second-order valence-corrected chi connectivity index (χ2v) is 31.0. The topological polar surface area (TPSA) is 237 Å². The van der Waals surface area contributed by atoms with Crippen LogP contribution in [0.5, 0.6) is 0 Å². The lowest BCUT2D eigenvalue weighted by Gasteiger charge is -2.21. The van der Waals surface area contributed by atoms with Crippen LogP contribution >= 0.6 is 15.6 Å². The van der Waals surface area contributed by atoms with Crippen LogP contribution in [0, 0.1) is 0 Å². The molecule has 0 radical (unpaired) electrons. The summed E-state index contributed by atoms with van der Waals surface area (Å²) in [6.45, 7) is 4.97. The first kappa shape index (κ1) is 95.1. The normalized spacial score (nSPS) is 13.8. The summed E-state index contributed by atoms with van der Waals surface area (Å²) in [7, 11) is -9.91. The summed E-state index contributed by atoms with van der Waals surface area (Å²) in [6, 6.07) is 0. The molecular formula is C78H152O17P2. The molecule has 0 saturated carbocycles. The zero-order chi connectivity index (χ0) is 71.1. The number of ether oxygens (including phenoxy) is 4. The van der Waals surface area contributed by atoms with Gasteiger partial charge in [-0.1, -0.05) is 368 Å². The van der Waals surface area contributed by atoms with Gasteiger partial charge in [0.1, 0.15) is 19.3 Å². The largest absolute Gasteiger partial charge is 0.472 e. The fourth-order valence-corrected chi connectivity index (χ4v) is 13.7. The molecule has 2 unspecified atom stereocenters. The molecule has 0 aliphatic carbocycles. The van der Waals surface area contributed by atoms with Crippen LogP contribution in [0.1, 0.15) is 419 Å². The van der Waals surface area contributed by atoms with Gasteiger partial charge in [0.05, 0.1) is 26.4 Å². The maximum Gasteiger partial charge on any atom is 0.472 e. The third kappa shape index (κ3) is 72.2. The van der Waals surface area contributed by atoms with Crippen molar-refractivity contribution in [1.82, 2.24) is 0 Å². The number of rotatable bonds is 79. The number of phosphoric acid groups is 2. The number of aliphatic hydroxyl groups is 1. The van der Waals surface area contributed by atoms with Gasteiger partial charge in [-0.15, -0.1) is 0 Å². The van der Waals surface area contributed by atoms with Gasteiger partial charge in [0, 0.05) is 25.7 Å². The van der Waals surface area contributed by atoms with Crippen molar-refractivity contribution in [2.45, 2.75) is 438 Å². The van der Waals surface area contributed by atoms with Gasteiger partial charge >= 0.3 is 39.5 Å². The number of carbonyl (C=O) groups excluding carboxylic acids is 4. The molecule has 0 amide bonds. The molecule has 0 aliphatic heterocycles. The fraction of sp³-hybridized carbons (Fsp3) is 0.949. The molecular weight excluding hydrogens is 1270 g/mol. The van der Waals surface area contributed by atoms with E-state index in [1.54, 1.807) is 0 Å². The highest BCUT2D eigenvalue weighted by Gasteiger charge is 2.30. The molecule has 0 aliphatic rings. The van der Waals surface area contributed by atoms with Crippen molar-refractivity contribution in [2.24, 2.45) is 0 Å². The minimum Gasteiger partial charge on any atom is -0.462 e. The van der Waals surface area contributed by atoms with Crippen LogP contribution in [-0.2, 0) is 65.4 Å². The summed E-state index contributed by atoms with van der Waals surface area (Å²) in [4.78, 5) is 72.8. The molecule has 576 valence electrons. The summed E-state index contributed by atoms with van der Waals surface area (Å²) in [6.07, 6.45) is 63.9. The smallest absolute Gasteiger partial charge is 0.462 e. The number of carbonyl (C=O) groups is 4. The van der Waals surface area contributed by atoms with E-state index in [1.165, 1.54) is 250 Å². The number of hydrogen-bond acceptors (Lipinski definition) is 15. The molecule has 0 spiro atoms. The van der Waals surface area contributed by atoms with E-state index in [0.717, 1.165) is 89.9 Å². The molecule has 0 bridgehead atoms. The molecule has 0 aromatic carbocycles. The molecule has 19 heteroatoms. The van der Waals surface area contributed by atoms with E-state index in [9.17, 15) is 43.2 Å². The predicted molar refractivity (Wildman–Crippen MR) is 395 cm³/mol. The molecule has 0 aromatic rings. The van der Waals surface area contributed by atoms with Gasteiger partial charge in [-0.25, -0.2) is 9.13 Å². The van der Waals surface area contributed by atoms with E-state index >= 15 is 0 Å². The summed E-state index contributed by atoms with van der Waals surface area (Å²) in [5, 5.41) is 10.6. The van der Waals surface area contributed by atoms with E-state index in [0.29, 0.717) is 25.7 Å². The van der Waals surface area contributed by atoms with Crippen LogP contribution < -0.4 is 0 Å². The lowest BCUT2D eigenvalue weighted by molar-refractivity contribution is -0.161. The average Bonchev–Trinajstić information content (AvgIpc) is 1.00. The molecule has 0 fully saturated rings. The summed E-state index contributed by atoms with van der Waals surface area (Å²) >= 11 is 0. The zero-order valence-corrected chi connectivity index (χ0v) is 64.8.